The van der Waals surface area contributed by atoms with Gasteiger partial charge in [0.2, 0.25) is 0 Å². The predicted molar refractivity (Wildman–Crippen MR) is 247 cm³/mol. The van der Waals surface area contributed by atoms with Crippen molar-refractivity contribution in [2.45, 2.75) is 172 Å². The number of pyridine rings is 1. The van der Waals surface area contributed by atoms with Gasteiger partial charge in [0.25, 0.3) is 0 Å². The fourth-order valence-corrected chi connectivity index (χ4v) is 19.1. The SMILES string of the molecule is CCC(CC)C(=O)/C=C(\O)C(CC)CC.CCC(CC)c1cc(-c2nccc3c(C)c([Si](CC(C)(C)C)(CC(C)(C)C)C(C)(C)C)sc23)[c-]c2ccccc12.[Ir]. The smallest absolute Gasteiger partial charge is 0.162 e. The maximum atomic E-state index is 11.7. The van der Waals surface area contributed by atoms with Gasteiger partial charge >= 0.3 is 0 Å². The summed E-state index contributed by atoms with van der Waals surface area (Å²) in [6.07, 6.45) is 9.23. The molecule has 2 aromatic carbocycles. The third-order valence-corrected chi connectivity index (χ3v) is 22.0. The van der Waals surface area contributed by atoms with Crippen molar-refractivity contribution < 1.29 is 30.0 Å². The summed E-state index contributed by atoms with van der Waals surface area (Å²) >= 11 is 2.07. The molecule has 0 unspecified atom stereocenters. The molecule has 3 nitrogen and oxygen atoms in total. The van der Waals surface area contributed by atoms with E-state index in [4.69, 9.17) is 4.98 Å². The molecule has 2 aromatic heterocycles. The molecule has 0 amide bonds. The van der Waals surface area contributed by atoms with Crippen LogP contribution in [-0.4, -0.2) is 23.9 Å². The van der Waals surface area contributed by atoms with Gasteiger partial charge in [-0.1, -0.05) is 146 Å². The molecule has 2 heterocycles. The molecule has 4 aromatic rings. The molecule has 1 N–H and O–H groups in total. The van der Waals surface area contributed by atoms with E-state index in [2.05, 4.69) is 137 Å². The Bertz CT molecular complexity index is 1880. The average molecular weight is 976 g/mol. The van der Waals surface area contributed by atoms with Crippen LogP contribution in [0.4, 0.5) is 0 Å². The van der Waals surface area contributed by atoms with Crippen LogP contribution in [0, 0.1) is 35.7 Å². The Balaban J connectivity index is 0.000000576. The van der Waals surface area contributed by atoms with Crippen LogP contribution in [0.1, 0.15) is 159 Å². The first-order valence-corrected chi connectivity index (χ1v) is 24.6. The molecule has 0 aliphatic carbocycles. The quantitative estimate of drug-likeness (QED) is 0.0593. The fourth-order valence-electron chi connectivity index (χ4n) is 8.93. The van der Waals surface area contributed by atoms with E-state index in [-0.39, 0.29) is 59.4 Å². The van der Waals surface area contributed by atoms with Crippen LogP contribution in [0.2, 0.25) is 17.1 Å². The van der Waals surface area contributed by atoms with E-state index in [1.54, 1.807) is 4.50 Å². The van der Waals surface area contributed by atoms with Gasteiger partial charge in [-0.15, -0.1) is 29.1 Å². The third kappa shape index (κ3) is 12.0. The number of aliphatic hydroxyl groups is 1. The van der Waals surface area contributed by atoms with Crippen molar-refractivity contribution in [3.8, 4) is 11.3 Å². The number of fused-ring (bicyclic) bond motifs is 2. The summed E-state index contributed by atoms with van der Waals surface area (Å²) in [4.78, 5) is 16.8. The summed E-state index contributed by atoms with van der Waals surface area (Å²) in [5.74, 6) is 1.09. The molecule has 1 radical (unpaired) electrons. The van der Waals surface area contributed by atoms with Gasteiger partial charge in [0.15, 0.2) is 5.78 Å². The molecule has 0 aliphatic heterocycles. The molecule has 6 heteroatoms. The number of hydrogen-bond donors (Lipinski definition) is 1. The number of aromatic nitrogens is 1. The van der Waals surface area contributed by atoms with E-state index in [1.807, 2.05) is 33.9 Å². The monoisotopic (exact) mass is 976 g/mol. The summed E-state index contributed by atoms with van der Waals surface area (Å²) < 4.78 is 3.04. The minimum atomic E-state index is -2.00. The van der Waals surface area contributed by atoms with E-state index < -0.39 is 8.07 Å². The van der Waals surface area contributed by atoms with E-state index in [0.717, 1.165) is 49.8 Å². The molecule has 0 fully saturated rings. The number of hydrogen-bond acceptors (Lipinski definition) is 4. The Morgan fingerprint density at radius 3 is 1.82 bits per heavy atom. The van der Waals surface area contributed by atoms with E-state index >= 15 is 0 Å². The second kappa shape index (κ2) is 20.7. The second-order valence-corrected chi connectivity index (χ2v) is 25.8. The minimum absolute atomic E-state index is 0. The van der Waals surface area contributed by atoms with Crippen LogP contribution >= 0.6 is 11.3 Å². The maximum absolute atomic E-state index is 11.7. The molecular weight excluding hydrogens is 899 g/mol. The number of rotatable bonds is 14. The molecule has 4 rings (SSSR count). The summed E-state index contributed by atoms with van der Waals surface area (Å²) in [5.41, 5.74) is 5.74. The summed E-state index contributed by atoms with van der Waals surface area (Å²) in [6.45, 7) is 37.4. The van der Waals surface area contributed by atoms with Crippen molar-refractivity contribution >= 4 is 50.6 Å². The standard InChI is InChI=1S/C37H52NSSi.C13H24O2.Ir/c1-13-26(14-2)31-22-28(21-27-17-15-16-18-30(27)31)32-33-29(19-20-38-32)25(3)34(39-33)40(37(10,11)12,23-35(4,5)6)24-36(7,8)9;1-5-10(6-2)12(14)9-13(15)11(7-3)8-4;/h15-20,22,26H,13-14,23-24H2,1-12H3;9-11,14H,5-8H2,1-4H3;/q-1;;/b;12-9-;. The zero-order valence-corrected chi connectivity index (χ0v) is 42.3. The van der Waals surface area contributed by atoms with Gasteiger partial charge in [0.1, 0.15) is 8.07 Å². The van der Waals surface area contributed by atoms with Gasteiger partial charge in [-0.3, -0.25) is 9.78 Å². The zero-order chi connectivity index (χ0) is 41.5. The first kappa shape index (κ1) is 50.0. The Morgan fingerprint density at radius 1 is 0.804 bits per heavy atom. The molecule has 0 saturated heterocycles. The van der Waals surface area contributed by atoms with Crippen LogP contribution in [-0.2, 0) is 24.9 Å². The first-order valence-electron chi connectivity index (χ1n) is 21.4. The number of ketones is 1. The summed E-state index contributed by atoms with van der Waals surface area (Å²) in [7, 11) is -2.00. The molecule has 0 bridgehead atoms. The van der Waals surface area contributed by atoms with Gasteiger partial charge in [0, 0.05) is 54.6 Å². The predicted octanol–water partition coefficient (Wildman–Crippen LogP) is 15.5. The summed E-state index contributed by atoms with van der Waals surface area (Å²) in [5, 5.41) is 13.9. The number of allylic oxidation sites excluding steroid dienone is 2. The molecule has 0 saturated carbocycles. The Hall–Kier alpha value is -2.11. The van der Waals surface area contributed by atoms with Crippen LogP contribution in [0.25, 0.3) is 32.1 Å². The van der Waals surface area contributed by atoms with Crippen molar-refractivity contribution in [2.24, 2.45) is 22.7 Å². The Labute approximate surface area is 361 Å². The molecule has 0 atom stereocenters. The largest absolute Gasteiger partial charge is 0.512 e. The zero-order valence-electron chi connectivity index (χ0n) is 38.1. The van der Waals surface area contributed by atoms with Crippen molar-refractivity contribution in [3.05, 3.63) is 71.6 Å². The molecule has 313 valence electrons. The van der Waals surface area contributed by atoms with E-state index in [0.29, 0.717) is 5.92 Å². The van der Waals surface area contributed by atoms with Gasteiger partial charge in [-0.25, -0.2) is 0 Å². The number of aliphatic hydroxyl groups excluding tert-OH is 1. The van der Waals surface area contributed by atoms with Crippen LogP contribution in [0.3, 0.4) is 0 Å². The van der Waals surface area contributed by atoms with Gasteiger partial charge < -0.3 is 5.11 Å². The van der Waals surface area contributed by atoms with Gasteiger partial charge in [-0.2, -0.15) is 11.3 Å². The van der Waals surface area contributed by atoms with Crippen LogP contribution in [0.5, 0.6) is 0 Å². The first-order chi connectivity index (χ1) is 25.6. The number of carbonyl (C=O) groups excluding carboxylic acids is 1. The Morgan fingerprint density at radius 2 is 1.34 bits per heavy atom. The number of nitrogens with zero attached hydrogens (tertiary/aromatic N) is 1. The molecular formula is C50H76IrNO2SSi-. The summed E-state index contributed by atoms with van der Waals surface area (Å²) in [6, 6.07) is 19.9. The van der Waals surface area contributed by atoms with Crippen molar-refractivity contribution in [3.63, 3.8) is 0 Å². The fraction of sp³-hybridized carbons (Fsp3) is 0.600. The number of thiophene rings is 1. The number of carbonyl (C=O) groups is 1. The van der Waals surface area contributed by atoms with Crippen LogP contribution in [0.15, 0.2) is 54.4 Å². The minimum Gasteiger partial charge on any atom is -0.512 e. The topological polar surface area (TPSA) is 50.2 Å². The molecule has 56 heavy (non-hydrogen) atoms. The van der Waals surface area contributed by atoms with E-state index in [1.165, 1.54) is 50.1 Å². The maximum Gasteiger partial charge on any atom is 0.162 e. The van der Waals surface area contributed by atoms with Gasteiger partial charge in [0.05, 0.1) is 5.76 Å². The van der Waals surface area contributed by atoms with Crippen molar-refractivity contribution in [1.82, 2.24) is 4.98 Å². The Kier molecular flexibility index (Phi) is 18.5. The van der Waals surface area contributed by atoms with Gasteiger partial charge in [-0.05, 0) is 88.0 Å². The van der Waals surface area contributed by atoms with Crippen molar-refractivity contribution in [2.75, 3.05) is 0 Å². The second-order valence-electron chi connectivity index (χ2n) is 19.6. The number of aryl methyl sites for hydroxylation is 1. The normalized spacial score (nSPS) is 13.1. The molecule has 0 spiro atoms. The molecule has 0 aliphatic rings. The third-order valence-electron chi connectivity index (χ3n) is 12.0. The van der Waals surface area contributed by atoms with E-state index in [9.17, 15) is 9.90 Å². The number of benzene rings is 2. The van der Waals surface area contributed by atoms with Crippen molar-refractivity contribution in [1.29, 1.82) is 0 Å². The average Bonchev–Trinajstić information content (AvgIpc) is 3.44. The van der Waals surface area contributed by atoms with Crippen LogP contribution < -0.4 is 4.50 Å².